The van der Waals surface area contributed by atoms with Crippen LogP contribution in [0, 0.1) is 6.92 Å². The van der Waals surface area contributed by atoms with Crippen LogP contribution in [0.15, 0.2) is 60.0 Å². The van der Waals surface area contributed by atoms with E-state index in [0.717, 1.165) is 12.0 Å². The Morgan fingerprint density at radius 2 is 1.91 bits per heavy atom. The van der Waals surface area contributed by atoms with E-state index < -0.39 is 0 Å². The monoisotopic (exact) mass is 462 g/mol. The van der Waals surface area contributed by atoms with E-state index in [2.05, 4.69) is 42.6 Å². The lowest BCUT2D eigenvalue weighted by molar-refractivity contribution is -0.134. The number of carbonyl (C=O) groups excluding carboxylic acids is 2. The Hall–Kier alpha value is -3.12. The second kappa shape index (κ2) is 9.79. The zero-order valence-corrected chi connectivity index (χ0v) is 20.4. The number of thiophene rings is 1. The molecule has 0 saturated carbocycles. The van der Waals surface area contributed by atoms with Gasteiger partial charge in [-0.25, -0.2) is 0 Å². The number of ether oxygens (including phenoxy) is 1. The average molecular weight is 463 g/mol. The molecule has 0 spiro atoms. The Morgan fingerprint density at radius 3 is 2.61 bits per heavy atom. The number of rotatable bonds is 6. The van der Waals surface area contributed by atoms with Gasteiger partial charge in [0.2, 0.25) is 5.91 Å². The molecule has 33 heavy (non-hydrogen) atoms. The van der Waals surface area contributed by atoms with E-state index in [1.807, 2.05) is 18.7 Å². The first-order valence-electron chi connectivity index (χ1n) is 11.3. The summed E-state index contributed by atoms with van der Waals surface area (Å²) >= 11 is 1.75. The maximum Gasteiger partial charge on any atom is 0.254 e. The van der Waals surface area contributed by atoms with E-state index in [1.54, 1.807) is 47.6 Å². The molecule has 2 aromatic carbocycles. The number of fused-ring (bicyclic) bond motifs is 1. The second-order valence-corrected chi connectivity index (χ2v) is 9.71. The summed E-state index contributed by atoms with van der Waals surface area (Å²) in [4.78, 5) is 31.9. The topological polar surface area (TPSA) is 49.9 Å². The fraction of sp³-hybridized carbons (Fsp3) is 0.333. The fourth-order valence-electron chi connectivity index (χ4n) is 4.34. The van der Waals surface area contributed by atoms with Crippen LogP contribution >= 0.6 is 11.3 Å². The molecule has 3 aromatic rings. The maximum atomic E-state index is 13.7. The Morgan fingerprint density at radius 1 is 1.15 bits per heavy atom. The van der Waals surface area contributed by atoms with E-state index in [0.29, 0.717) is 17.9 Å². The van der Waals surface area contributed by atoms with Gasteiger partial charge in [-0.2, -0.15) is 0 Å². The Balaban J connectivity index is 1.62. The van der Waals surface area contributed by atoms with Crippen molar-refractivity contribution in [2.24, 2.45) is 0 Å². The largest absolute Gasteiger partial charge is 0.497 e. The van der Waals surface area contributed by atoms with Crippen molar-refractivity contribution in [3.63, 3.8) is 0 Å². The molecular formula is C27H30N2O3S. The number of methoxy groups -OCH3 is 1. The van der Waals surface area contributed by atoms with Gasteiger partial charge < -0.3 is 14.5 Å². The summed E-state index contributed by atoms with van der Waals surface area (Å²) < 4.78 is 5.27. The molecule has 1 atom stereocenters. The van der Waals surface area contributed by atoms with Crippen LogP contribution in [0.1, 0.15) is 51.8 Å². The van der Waals surface area contributed by atoms with Crippen molar-refractivity contribution in [1.82, 2.24) is 9.80 Å². The number of nitrogens with zero attached hydrogens (tertiary/aromatic N) is 2. The van der Waals surface area contributed by atoms with Crippen molar-refractivity contribution in [1.29, 1.82) is 0 Å². The highest BCUT2D eigenvalue weighted by atomic mass is 32.1. The van der Waals surface area contributed by atoms with Gasteiger partial charge in [-0.15, -0.1) is 11.3 Å². The number of hydrogen-bond donors (Lipinski definition) is 0. The third kappa shape index (κ3) is 4.81. The number of amides is 2. The number of hydrogen-bond acceptors (Lipinski definition) is 4. The molecule has 6 heteroatoms. The summed E-state index contributed by atoms with van der Waals surface area (Å²) in [5.74, 6) is 0.413. The highest BCUT2D eigenvalue weighted by molar-refractivity contribution is 7.10. The molecule has 2 amide bonds. The quantitative estimate of drug-likeness (QED) is 0.513. The first-order valence-corrected chi connectivity index (χ1v) is 12.1. The Labute approximate surface area is 199 Å². The third-order valence-corrected chi connectivity index (χ3v) is 7.18. The lowest BCUT2D eigenvalue weighted by Gasteiger charge is -2.38. The molecule has 0 saturated heterocycles. The number of carbonyl (C=O) groups is 2. The average Bonchev–Trinajstić information content (AvgIpc) is 3.31. The van der Waals surface area contributed by atoms with Gasteiger partial charge in [-0.05, 0) is 68.0 Å². The van der Waals surface area contributed by atoms with E-state index in [-0.39, 0.29) is 30.4 Å². The molecule has 0 aliphatic carbocycles. The maximum absolute atomic E-state index is 13.7. The fourth-order valence-corrected chi connectivity index (χ4v) is 5.24. The minimum absolute atomic E-state index is 0.0372. The van der Waals surface area contributed by atoms with Crippen LogP contribution in [0.3, 0.4) is 0 Å². The van der Waals surface area contributed by atoms with Crippen LogP contribution in [-0.4, -0.2) is 47.9 Å². The van der Waals surface area contributed by atoms with Gasteiger partial charge in [0, 0.05) is 23.0 Å². The lowest BCUT2D eigenvalue weighted by atomic mass is 9.92. The molecule has 172 valence electrons. The van der Waals surface area contributed by atoms with Crippen LogP contribution in [-0.2, 0) is 11.2 Å². The Bertz CT molecular complexity index is 1140. The summed E-state index contributed by atoms with van der Waals surface area (Å²) in [6.45, 7) is 6.62. The predicted octanol–water partition coefficient (Wildman–Crippen LogP) is 5.09. The minimum atomic E-state index is -0.169. The van der Waals surface area contributed by atoms with Gasteiger partial charge >= 0.3 is 0 Å². The molecule has 1 unspecified atom stereocenters. The summed E-state index contributed by atoms with van der Waals surface area (Å²) in [7, 11) is 1.58. The van der Waals surface area contributed by atoms with Crippen molar-refractivity contribution >= 4 is 23.2 Å². The smallest absolute Gasteiger partial charge is 0.254 e. The van der Waals surface area contributed by atoms with Crippen molar-refractivity contribution in [2.75, 3.05) is 20.2 Å². The van der Waals surface area contributed by atoms with Crippen molar-refractivity contribution in [3.8, 4) is 5.75 Å². The van der Waals surface area contributed by atoms with Gasteiger partial charge in [0.05, 0.1) is 13.2 Å². The van der Waals surface area contributed by atoms with Gasteiger partial charge in [-0.1, -0.05) is 35.9 Å². The standard InChI is InChI=1S/C27H30N2O3S/c1-18(2)29(27(31)21-6-5-7-22(16-21)32-4)17-25(30)28-14-12-24-23(13-15-33-24)26(28)20-10-8-19(3)9-11-20/h5-11,13,15-16,18,26H,12,14,17H2,1-4H3. The summed E-state index contributed by atoms with van der Waals surface area (Å²) in [6.07, 6.45) is 0.840. The molecule has 1 aliphatic heterocycles. The number of benzene rings is 2. The van der Waals surface area contributed by atoms with E-state index >= 15 is 0 Å². The van der Waals surface area contributed by atoms with Crippen molar-refractivity contribution < 1.29 is 14.3 Å². The van der Waals surface area contributed by atoms with Crippen LogP contribution < -0.4 is 4.74 Å². The van der Waals surface area contributed by atoms with Gasteiger partial charge in [-0.3, -0.25) is 9.59 Å². The van der Waals surface area contributed by atoms with Crippen LogP contribution in [0.25, 0.3) is 0 Å². The molecule has 0 bridgehead atoms. The molecular weight excluding hydrogens is 432 g/mol. The molecule has 0 radical (unpaired) electrons. The minimum Gasteiger partial charge on any atom is -0.497 e. The lowest BCUT2D eigenvalue weighted by Crippen LogP contribution is -2.48. The zero-order valence-electron chi connectivity index (χ0n) is 19.6. The van der Waals surface area contributed by atoms with E-state index in [4.69, 9.17) is 4.74 Å². The van der Waals surface area contributed by atoms with Crippen molar-refractivity contribution in [3.05, 3.63) is 87.1 Å². The van der Waals surface area contributed by atoms with Crippen LogP contribution in [0.5, 0.6) is 5.75 Å². The zero-order chi connectivity index (χ0) is 23.5. The van der Waals surface area contributed by atoms with E-state index in [1.165, 1.54) is 16.0 Å². The molecule has 2 heterocycles. The number of aryl methyl sites for hydroxylation is 1. The molecule has 0 fully saturated rings. The van der Waals surface area contributed by atoms with Gasteiger partial charge in [0.15, 0.2) is 0 Å². The summed E-state index contributed by atoms with van der Waals surface area (Å²) in [5, 5.41) is 2.10. The summed E-state index contributed by atoms with van der Waals surface area (Å²) in [6, 6.07) is 17.4. The SMILES string of the molecule is COc1cccc(C(=O)N(CC(=O)N2CCc3sccc3C2c2ccc(C)cc2)C(C)C)c1. The second-order valence-electron chi connectivity index (χ2n) is 8.71. The van der Waals surface area contributed by atoms with Gasteiger partial charge in [0.1, 0.15) is 12.3 Å². The Kier molecular flexibility index (Phi) is 6.84. The molecule has 1 aliphatic rings. The normalized spacial score (nSPS) is 15.3. The highest BCUT2D eigenvalue weighted by Gasteiger charge is 2.34. The highest BCUT2D eigenvalue weighted by Crippen LogP contribution is 2.38. The van der Waals surface area contributed by atoms with E-state index in [9.17, 15) is 9.59 Å². The van der Waals surface area contributed by atoms with Gasteiger partial charge in [0.25, 0.3) is 5.91 Å². The molecule has 5 nitrogen and oxygen atoms in total. The molecule has 4 rings (SSSR count). The van der Waals surface area contributed by atoms with Crippen LogP contribution in [0.2, 0.25) is 0 Å². The predicted molar refractivity (Wildman–Crippen MR) is 132 cm³/mol. The summed E-state index contributed by atoms with van der Waals surface area (Å²) in [5.41, 5.74) is 4.00. The first-order chi connectivity index (χ1) is 15.9. The van der Waals surface area contributed by atoms with Crippen molar-refractivity contribution in [2.45, 2.75) is 39.3 Å². The van der Waals surface area contributed by atoms with Crippen LogP contribution in [0.4, 0.5) is 0 Å². The first kappa shape index (κ1) is 23.1. The third-order valence-electron chi connectivity index (χ3n) is 6.19. The molecule has 1 aromatic heterocycles. The molecule has 0 N–H and O–H groups in total.